The number of rotatable bonds is 5. The summed E-state index contributed by atoms with van der Waals surface area (Å²) in [6.07, 6.45) is -2.98. The Kier molecular flexibility index (Phi) is 5.79. The molecule has 0 radical (unpaired) electrons. The number of amides is 2. The Labute approximate surface area is 206 Å². The number of fused-ring (bicyclic) bond motifs is 2. The Hall–Kier alpha value is -3.44. The van der Waals surface area contributed by atoms with E-state index in [4.69, 9.17) is 0 Å². The molecule has 5 rings (SSSR count). The molecule has 2 aliphatic heterocycles. The molecule has 2 N–H and O–H groups in total. The number of aryl methyl sites for hydroxylation is 1. The Morgan fingerprint density at radius 2 is 1.89 bits per heavy atom. The van der Waals surface area contributed by atoms with Crippen molar-refractivity contribution >= 4 is 29.3 Å². The van der Waals surface area contributed by atoms with Crippen LogP contribution in [0.1, 0.15) is 54.1 Å². The highest BCUT2D eigenvalue weighted by Crippen LogP contribution is 2.37. The van der Waals surface area contributed by atoms with E-state index >= 15 is 0 Å². The standard InChI is InChI=1S/C24H28F3N7O2/c1-11(2)19-21(35)31-18-12(3)28-23(32-20(18)33(19)4)29-14-7-13(8-14)9-34-10-16-15(22(34)36)5-6-17(30-16)24(25,26)27/h5-6,11,13-14,19H,7-10H2,1-4H3,(H,31,35)(H,28,29,32)/t13?,14?,19-/m0/s1. The second-order valence-electron chi connectivity index (χ2n) is 10.2. The minimum atomic E-state index is -4.54. The number of anilines is 3. The van der Waals surface area contributed by atoms with E-state index in [2.05, 4.69) is 25.6 Å². The Balaban J connectivity index is 1.20. The minimum Gasteiger partial charge on any atom is -0.351 e. The van der Waals surface area contributed by atoms with Gasteiger partial charge in [-0.15, -0.1) is 0 Å². The fraction of sp³-hybridized carbons (Fsp3) is 0.542. The van der Waals surface area contributed by atoms with Crippen LogP contribution >= 0.6 is 0 Å². The lowest BCUT2D eigenvalue weighted by atomic mass is 9.80. The number of nitrogens with zero attached hydrogens (tertiary/aromatic N) is 5. The Morgan fingerprint density at radius 1 is 1.17 bits per heavy atom. The number of pyridine rings is 1. The summed E-state index contributed by atoms with van der Waals surface area (Å²) in [7, 11) is 1.86. The summed E-state index contributed by atoms with van der Waals surface area (Å²) in [5.74, 6) is 1.13. The minimum absolute atomic E-state index is 0.0716. The summed E-state index contributed by atoms with van der Waals surface area (Å²) < 4.78 is 38.9. The summed E-state index contributed by atoms with van der Waals surface area (Å²) in [4.78, 5) is 41.5. The zero-order valence-corrected chi connectivity index (χ0v) is 20.5. The molecular formula is C24H28F3N7O2. The molecule has 0 unspecified atom stereocenters. The van der Waals surface area contributed by atoms with E-state index in [-0.39, 0.29) is 53.5 Å². The number of hydrogen-bond acceptors (Lipinski definition) is 7. The van der Waals surface area contributed by atoms with Crippen molar-refractivity contribution in [2.75, 3.05) is 29.1 Å². The lowest BCUT2D eigenvalue weighted by molar-refractivity contribution is -0.141. The van der Waals surface area contributed by atoms with Gasteiger partial charge in [-0.1, -0.05) is 13.8 Å². The lowest BCUT2D eigenvalue weighted by Crippen LogP contribution is -2.50. The number of halogens is 3. The molecule has 1 saturated carbocycles. The van der Waals surface area contributed by atoms with E-state index in [0.29, 0.717) is 29.7 Å². The van der Waals surface area contributed by atoms with E-state index in [9.17, 15) is 22.8 Å². The van der Waals surface area contributed by atoms with Crippen LogP contribution in [-0.4, -0.2) is 57.3 Å². The van der Waals surface area contributed by atoms with Crippen LogP contribution in [0.2, 0.25) is 0 Å². The molecule has 1 atom stereocenters. The first-order chi connectivity index (χ1) is 16.9. The monoisotopic (exact) mass is 503 g/mol. The smallest absolute Gasteiger partial charge is 0.351 e. The van der Waals surface area contributed by atoms with Crippen molar-refractivity contribution in [3.05, 3.63) is 34.8 Å². The van der Waals surface area contributed by atoms with Gasteiger partial charge in [0.1, 0.15) is 17.4 Å². The van der Waals surface area contributed by atoms with Gasteiger partial charge in [0, 0.05) is 19.6 Å². The normalized spacial score (nSPS) is 23.4. The van der Waals surface area contributed by atoms with Crippen molar-refractivity contribution in [3.63, 3.8) is 0 Å². The van der Waals surface area contributed by atoms with Gasteiger partial charge in [0.15, 0.2) is 5.82 Å². The quantitative estimate of drug-likeness (QED) is 0.644. The fourth-order valence-electron chi connectivity index (χ4n) is 5.32. The molecule has 0 bridgehead atoms. The van der Waals surface area contributed by atoms with Crippen LogP contribution in [0.5, 0.6) is 0 Å². The van der Waals surface area contributed by atoms with Gasteiger partial charge in [-0.3, -0.25) is 9.59 Å². The van der Waals surface area contributed by atoms with Crippen LogP contribution in [0.4, 0.5) is 30.6 Å². The number of carbonyl (C=O) groups is 2. The van der Waals surface area contributed by atoms with E-state index in [1.54, 1.807) is 4.90 Å². The molecule has 0 spiro atoms. The van der Waals surface area contributed by atoms with Crippen LogP contribution < -0.4 is 15.5 Å². The summed E-state index contributed by atoms with van der Waals surface area (Å²) in [6, 6.07) is 1.87. The molecule has 2 aromatic rings. The fourth-order valence-corrected chi connectivity index (χ4v) is 5.32. The third kappa shape index (κ3) is 4.22. The lowest BCUT2D eigenvalue weighted by Gasteiger charge is -2.39. The number of hydrogen-bond donors (Lipinski definition) is 2. The molecular weight excluding hydrogens is 475 g/mol. The largest absolute Gasteiger partial charge is 0.433 e. The van der Waals surface area contributed by atoms with Gasteiger partial charge in [-0.2, -0.15) is 18.2 Å². The molecule has 0 aromatic carbocycles. The maximum Gasteiger partial charge on any atom is 0.433 e. The van der Waals surface area contributed by atoms with Crippen LogP contribution in [0.3, 0.4) is 0 Å². The van der Waals surface area contributed by atoms with Crippen molar-refractivity contribution in [1.29, 1.82) is 0 Å². The predicted octanol–water partition coefficient (Wildman–Crippen LogP) is 3.46. The second kappa shape index (κ2) is 8.59. The second-order valence-corrected chi connectivity index (χ2v) is 10.2. The highest BCUT2D eigenvalue weighted by molar-refractivity contribution is 6.03. The first-order valence-corrected chi connectivity index (χ1v) is 12.0. The summed E-state index contributed by atoms with van der Waals surface area (Å²) >= 11 is 0. The van der Waals surface area contributed by atoms with Crippen LogP contribution in [-0.2, 0) is 17.5 Å². The highest BCUT2D eigenvalue weighted by Gasteiger charge is 2.39. The average molecular weight is 504 g/mol. The number of aromatic nitrogens is 3. The molecule has 2 amide bonds. The van der Waals surface area contributed by atoms with E-state index in [0.717, 1.165) is 18.9 Å². The molecule has 1 aliphatic carbocycles. The molecule has 3 aliphatic rings. The van der Waals surface area contributed by atoms with E-state index < -0.39 is 11.9 Å². The van der Waals surface area contributed by atoms with Crippen molar-refractivity contribution in [1.82, 2.24) is 19.9 Å². The number of alkyl halides is 3. The van der Waals surface area contributed by atoms with Gasteiger partial charge < -0.3 is 20.4 Å². The van der Waals surface area contributed by atoms with Gasteiger partial charge >= 0.3 is 6.18 Å². The molecule has 2 aromatic heterocycles. The molecule has 36 heavy (non-hydrogen) atoms. The first kappa shape index (κ1) is 24.3. The average Bonchev–Trinajstić information content (AvgIpc) is 3.07. The Morgan fingerprint density at radius 3 is 2.56 bits per heavy atom. The molecule has 192 valence electrons. The number of nitrogens with one attached hydrogen (secondary N) is 2. The number of carbonyl (C=O) groups excluding carboxylic acids is 2. The van der Waals surface area contributed by atoms with Crippen LogP contribution in [0.15, 0.2) is 12.1 Å². The SMILES string of the molecule is Cc1nc(NC2CC(CN3Cc4nc(C(F)(F)F)ccc4C3=O)C2)nc2c1NC(=O)[C@H](C(C)C)N2C. The maximum atomic E-state index is 13.0. The zero-order chi connectivity index (χ0) is 25.9. The van der Waals surface area contributed by atoms with Crippen molar-refractivity contribution in [3.8, 4) is 0 Å². The Bertz CT molecular complexity index is 1230. The number of likely N-dealkylation sites (N-methyl/N-ethyl adjacent to an activating group) is 1. The third-order valence-corrected chi connectivity index (χ3v) is 7.14. The van der Waals surface area contributed by atoms with Crippen LogP contribution in [0, 0.1) is 18.8 Å². The molecule has 9 nitrogen and oxygen atoms in total. The zero-order valence-electron chi connectivity index (χ0n) is 20.5. The summed E-state index contributed by atoms with van der Waals surface area (Å²) in [5, 5.41) is 6.28. The molecule has 4 heterocycles. The van der Waals surface area contributed by atoms with Crippen molar-refractivity contribution in [2.45, 2.75) is 58.4 Å². The van der Waals surface area contributed by atoms with Crippen molar-refractivity contribution < 1.29 is 22.8 Å². The summed E-state index contributed by atoms with van der Waals surface area (Å²) in [5.41, 5.74) is 0.732. The first-order valence-electron chi connectivity index (χ1n) is 12.0. The van der Waals surface area contributed by atoms with Gasteiger partial charge in [-0.05, 0) is 43.7 Å². The molecule has 0 saturated heterocycles. The van der Waals surface area contributed by atoms with Crippen molar-refractivity contribution in [2.24, 2.45) is 11.8 Å². The van der Waals surface area contributed by atoms with Gasteiger partial charge in [0.25, 0.3) is 5.91 Å². The topological polar surface area (TPSA) is 103 Å². The predicted molar refractivity (Wildman–Crippen MR) is 127 cm³/mol. The van der Waals surface area contributed by atoms with Gasteiger partial charge in [-0.25, -0.2) is 9.97 Å². The third-order valence-electron chi connectivity index (χ3n) is 7.14. The summed E-state index contributed by atoms with van der Waals surface area (Å²) in [6.45, 7) is 6.36. The van der Waals surface area contributed by atoms with E-state index in [1.807, 2.05) is 32.7 Å². The molecule has 12 heteroatoms. The highest BCUT2D eigenvalue weighted by atomic mass is 19.4. The maximum absolute atomic E-state index is 13.0. The molecule has 1 fully saturated rings. The van der Waals surface area contributed by atoms with Gasteiger partial charge in [0.2, 0.25) is 11.9 Å². The van der Waals surface area contributed by atoms with Crippen LogP contribution in [0.25, 0.3) is 0 Å². The van der Waals surface area contributed by atoms with E-state index in [1.165, 1.54) is 6.07 Å². The van der Waals surface area contributed by atoms with Gasteiger partial charge in [0.05, 0.1) is 23.5 Å².